The molecule has 3 N–H and O–H groups in total. The third-order valence-electron chi connectivity index (χ3n) is 5.00. The first-order valence-electron chi connectivity index (χ1n) is 9.41. The van der Waals surface area contributed by atoms with Crippen molar-refractivity contribution in [2.45, 2.75) is 13.0 Å². The Bertz CT molecular complexity index is 1140. The Morgan fingerprint density at radius 2 is 2.03 bits per heavy atom. The molecule has 0 fully saturated rings. The van der Waals surface area contributed by atoms with Crippen LogP contribution < -0.4 is 4.74 Å². The van der Waals surface area contributed by atoms with E-state index in [1.807, 2.05) is 6.92 Å². The van der Waals surface area contributed by atoms with Crippen molar-refractivity contribution >= 4 is 17.5 Å². The summed E-state index contributed by atoms with van der Waals surface area (Å²) < 4.78 is 5.52. The monoisotopic (exact) mass is 425 g/mol. The van der Waals surface area contributed by atoms with E-state index in [1.54, 1.807) is 35.2 Å². The molecule has 4 rings (SSSR count). The highest BCUT2D eigenvalue weighted by molar-refractivity contribution is 6.31. The molecular weight excluding hydrogens is 406 g/mol. The summed E-state index contributed by atoms with van der Waals surface area (Å²) in [4.78, 5) is 14.7. The summed E-state index contributed by atoms with van der Waals surface area (Å²) >= 11 is 6.13. The van der Waals surface area contributed by atoms with Crippen molar-refractivity contribution in [2.75, 3.05) is 13.2 Å². The number of aromatic amines is 1. The SMILES string of the molecule is C=CCN1C(=O)c2[nH]nc(-c3cc(Cl)ccc3O)c2C1c1ccc(O)c(OCC)c1. The lowest BCUT2D eigenvalue weighted by molar-refractivity contribution is 0.0764. The van der Waals surface area contributed by atoms with Gasteiger partial charge in [-0.25, -0.2) is 0 Å². The summed E-state index contributed by atoms with van der Waals surface area (Å²) in [6.45, 7) is 6.27. The molecule has 2 heterocycles. The minimum atomic E-state index is -0.516. The minimum Gasteiger partial charge on any atom is -0.507 e. The van der Waals surface area contributed by atoms with Crippen molar-refractivity contribution in [3.63, 3.8) is 0 Å². The molecule has 1 aliphatic heterocycles. The molecule has 2 aromatic carbocycles. The number of amides is 1. The van der Waals surface area contributed by atoms with Crippen molar-refractivity contribution in [1.29, 1.82) is 0 Å². The molecule has 0 spiro atoms. The van der Waals surface area contributed by atoms with Gasteiger partial charge in [0.05, 0.1) is 12.6 Å². The summed E-state index contributed by atoms with van der Waals surface area (Å²) in [6.07, 6.45) is 1.64. The summed E-state index contributed by atoms with van der Waals surface area (Å²) in [6, 6.07) is 9.12. The maximum Gasteiger partial charge on any atom is 0.273 e. The molecule has 3 aromatic rings. The standard InChI is InChI=1S/C22H20ClN3O4/c1-3-9-26-21(12-5-7-16(28)17(10-12)30-4-2)18-19(24-25-20(18)22(26)29)14-11-13(23)6-8-15(14)27/h3,5-8,10-11,21,27-28H,1,4,9H2,2H3,(H,24,25). The average Bonchev–Trinajstić information content (AvgIpc) is 3.26. The van der Waals surface area contributed by atoms with Crippen LogP contribution in [0.2, 0.25) is 5.02 Å². The molecule has 0 saturated carbocycles. The van der Waals surface area contributed by atoms with Gasteiger partial charge in [-0.3, -0.25) is 9.89 Å². The Kier molecular flexibility index (Phi) is 5.13. The van der Waals surface area contributed by atoms with Gasteiger partial charge in [0, 0.05) is 22.7 Å². The maximum atomic E-state index is 13.1. The second-order valence-electron chi connectivity index (χ2n) is 6.83. The van der Waals surface area contributed by atoms with E-state index in [-0.39, 0.29) is 17.4 Å². The number of nitrogens with one attached hydrogen (secondary N) is 1. The number of phenols is 2. The average molecular weight is 426 g/mol. The third-order valence-corrected chi connectivity index (χ3v) is 5.24. The van der Waals surface area contributed by atoms with E-state index < -0.39 is 6.04 Å². The van der Waals surface area contributed by atoms with Gasteiger partial charge in [-0.05, 0) is 42.8 Å². The Morgan fingerprint density at radius 1 is 1.27 bits per heavy atom. The number of nitrogens with zero attached hydrogens (tertiary/aromatic N) is 2. The number of halogens is 1. The fraction of sp³-hybridized carbons (Fsp3) is 0.182. The Labute approximate surface area is 178 Å². The number of ether oxygens (including phenoxy) is 1. The molecule has 7 nitrogen and oxygen atoms in total. The van der Waals surface area contributed by atoms with Crippen molar-refractivity contribution in [1.82, 2.24) is 15.1 Å². The largest absolute Gasteiger partial charge is 0.507 e. The Morgan fingerprint density at radius 3 is 2.77 bits per heavy atom. The zero-order chi connectivity index (χ0) is 21.4. The quantitative estimate of drug-likeness (QED) is 0.512. The fourth-order valence-corrected chi connectivity index (χ4v) is 3.92. The highest BCUT2D eigenvalue weighted by atomic mass is 35.5. The smallest absolute Gasteiger partial charge is 0.273 e. The second-order valence-corrected chi connectivity index (χ2v) is 7.27. The van der Waals surface area contributed by atoms with Gasteiger partial charge >= 0.3 is 0 Å². The number of H-pyrrole nitrogens is 1. The molecule has 0 bridgehead atoms. The highest BCUT2D eigenvalue weighted by Crippen LogP contribution is 2.46. The van der Waals surface area contributed by atoms with E-state index in [0.29, 0.717) is 46.4 Å². The number of hydrogen-bond acceptors (Lipinski definition) is 5. The number of aromatic hydroxyl groups is 2. The van der Waals surface area contributed by atoms with Gasteiger partial charge in [-0.15, -0.1) is 6.58 Å². The van der Waals surface area contributed by atoms with Gasteiger partial charge in [-0.2, -0.15) is 5.10 Å². The molecule has 1 atom stereocenters. The number of rotatable bonds is 6. The molecule has 30 heavy (non-hydrogen) atoms. The van der Waals surface area contributed by atoms with Crippen LogP contribution in [0.15, 0.2) is 49.1 Å². The molecule has 1 amide bonds. The maximum absolute atomic E-state index is 13.1. The number of hydrogen-bond donors (Lipinski definition) is 3. The summed E-state index contributed by atoms with van der Waals surface area (Å²) in [5.74, 6) is 0.106. The normalized spacial score (nSPS) is 15.3. The number of phenolic OH excluding ortho intramolecular Hbond substituents is 2. The van der Waals surface area contributed by atoms with Crippen LogP contribution in [-0.4, -0.2) is 44.4 Å². The van der Waals surface area contributed by atoms with Gasteiger partial charge < -0.3 is 19.8 Å². The number of carbonyl (C=O) groups is 1. The summed E-state index contributed by atoms with van der Waals surface area (Å²) in [5, 5.41) is 28.1. The van der Waals surface area contributed by atoms with Crippen LogP contribution in [-0.2, 0) is 0 Å². The van der Waals surface area contributed by atoms with Gasteiger partial charge in [0.15, 0.2) is 11.5 Å². The Hall–Kier alpha value is -3.45. The molecule has 8 heteroatoms. The van der Waals surface area contributed by atoms with Crippen molar-refractivity contribution in [3.05, 3.63) is 70.9 Å². The van der Waals surface area contributed by atoms with Gasteiger partial charge in [0.1, 0.15) is 17.1 Å². The van der Waals surface area contributed by atoms with E-state index in [0.717, 1.165) is 5.56 Å². The first-order chi connectivity index (χ1) is 14.5. The third kappa shape index (κ3) is 3.17. The molecule has 154 valence electrons. The first kappa shape index (κ1) is 19.8. The topological polar surface area (TPSA) is 98.7 Å². The molecule has 1 unspecified atom stereocenters. The first-order valence-corrected chi connectivity index (χ1v) is 9.78. The summed E-state index contributed by atoms with van der Waals surface area (Å²) in [7, 11) is 0. The molecule has 0 radical (unpaired) electrons. The lowest BCUT2D eigenvalue weighted by Crippen LogP contribution is -2.29. The zero-order valence-electron chi connectivity index (χ0n) is 16.2. The van der Waals surface area contributed by atoms with E-state index >= 15 is 0 Å². The lowest BCUT2D eigenvalue weighted by Gasteiger charge is -2.25. The molecule has 0 saturated heterocycles. The predicted octanol–water partition coefficient (Wildman–Crippen LogP) is 4.27. The van der Waals surface area contributed by atoms with Gasteiger partial charge in [0.25, 0.3) is 5.91 Å². The van der Waals surface area contributed by atoms with Crippen molar-refractivity contribution < 1.29 is 19.7 Å². The van der Waals surface area contributed by atoms with Crippen LogP contribution in [0.4, 0.5) is 0 Å². The number of carbonyl (C=O) groups excluding carboxylic acids is 1. The minimum absolute atomic E-state index is 0.00258. The van der Waals surface area contributed by atoms with Gasteiger partial charge in [0.2, 0.25) is 0 Å². The van der Waals surface area contributed by atoms with Crippen molar-refractivity contribution in [3.8, 4) is 28.5 Å². The Balaban J connectivity index is 1.92. The van der Waals surface area contributed by atoms with Crippen LogP contribution in [0, 0.1) is 0 Å². The number of fused-ring (bicyclic) bond motifs is 1. The molecule has 0 aliphatic carbocycles. The van der Waals surface area contributed by atoms with E-state index in [1.165, 1.54) is 12.1 Å². The van der Waals surface area contributed by atoms with E-state index in [4.69, 9.17) is 16.3 Å². The van der Waals surface area contributed by atoms with Gasteiger partial charge in [-0.1, -0.05) is 23.7 Å². The van der Waals surface area contributed by atoms with E-state index in [2.05, 4.69) is 16.8 Å². The second kappa shape index (κ2) is 7.76. The molecule has 1 aromatic heterocycles. The zero-order valence-corrected chi connectivity index (χ0v) is 17.0. The van der Waals surface area contributed by atoms with Crippen LogP contribution in [0.5, 0.6) is 17.2 Å². The van der Waals surface area contributed by atoms with Crippen LogP contribution in [0.1, 0.15) is 34.6 Å². The van der Waals surface area contributed by atoms with Crippen LogP contribution in [0.25, 0.3) is 11.3 Å². The number of benzene rings is 2. The van der Waals surface area contributed by atoms with Crippen LogP contribution in [0.3, 0.4) is 0 Å². The summed E-state index contributed by atoms with van der Waals surface area (Å²) in [5.41, 5.74) is 2.53. The highest BCUT2D eigenvalue weighted by Gasteiger charge is 2.42. The number of aromatic nitrogens is 2. The molecular formula is C22H20ClN3O4. The van der Waals surface area contributed by atoms with Crippen molar-refractivity contribution in [2.24, 2.45) is 0 Å². The lowest BCUT2D eigenvalue weighted by atomic mass is 9.95. The van der Waals surface area contributed by atoms with Crippen LogP contribution >= 0.6 is 11.6 Å². The predicted molar refractivity (Wildman–Crippen MR) is 113 cm³/mol. The molecule has 1 aliphatic rings. The fourth-order valence-electron chi connectivity index (χ4n) is 3.75. The van der Waals surface area contributed by atoms with E-state index in [9.17, 15) is 15.0 Å².